The number of esters is 1. The molecule has 2 aromatic rings. The molecule has 0 unspecified atom stereocenters. The average molecular weight is 460 g/mol. The molecule has 0 amide bonds. The van der Waals surface area contributed by atoms with Gasteiger partial charge in [-0.25, -0.2) is 0 Å². The fraction of sp³-hybridized carbons (Fsp3) is 0.548. The number of unbranched alkanes of at least 4 members (excludes halogenated alkanes) is 4. The fourth-order valence-corrected chi connectivity index (χ4v) is 5.24. The molecule has 1 aliphatic carbocycles. The Balaban J connectivity index is 1.76. The number of aryl methyl sites for hydroxylation is 1. The zero-order chi connectivity index (χ0) is 24.4. The summed E-state index contributed by atoms with van der Waals surface area (Å²) in [5.74, 6) is 0.777. The van der Waals surface area contributed by atoms with Gasteiger partial charge in [0.25, 0.3) is 0 Å². The van der Waals surface area contributed by atoms with Crippen LogP contribution < -0.4 is 4.74 Å². The van der Waals surface area contributed by atoms with Gasteiger partial charge in [-0.05, 0) is 66.8 Å². The van der Waals surface area contributed by atoms with Crippen LogP contribution in [0.4, 0.5) is 0 Å². The first-order valence-corrected chi connectivity index (χ1v) is 13.3. The second-order valence-electron chi connectivity index (χ2n) is 10.4. The van der Waals surface area contributed by atoms with E-state index in [-0.39, 0.29) is 5.97 Å². The van der Waals surface area contributed by atoms with Crippen molar-refractivity contribution in [1.82, 2.24) is 0 Å². The first-order chi connectivity index (χ1) is 16.5. The van der Waals surface area contributed by atoms with Crippen molar-refractivity contribution in [3.63, 3.8) is 0 Å². The minimum atomic E-state index is -0.626. The number of hydrogen-bond donors (Lipinski definition) is 0. The first-order valence-electron chi connectivity index (χ1n) is 13.3. The molecule has 182 valence electrons. The summed E-state index contributed by atoms with van der Waals surface area (Å²) in [5, 5.41) is 9.75. The van der Waals surface area contributed by atoms with Gasteiger partial charge in [0.15, 0.2) is 0 Å². The molecule has 0 saturated heterocycles. The van der Waals surface area contributed by atoms with E-state index < -0.39 is 5.41 Å². The number of carbonyl (C=O) groups is 1. The number of benzene rings is 2. The van der Waals surface area contributed by atoms with Crippen LogP contribution in [0.3, 0.4) is 0 Å². The van der Waals surface area contributed by atoms with Crippen LogP contribution in [0.2, 0.25) is 0 Å². The van der Waals surface area contributed by atoms with E-state index in [1.165, 1.54) is 31.2 Å². The van der Waals surface area contributed by atoms with E-state index in [2.05, 4.69) is 51.1 Å². The second kappa shape index (κ2) is 12.7. The van der Waals surface area contributed by atoms with E-state index in [0.29, 0.717) is 17.2 Å². The maximum Gasteiger partial charge on any atom is 0.321 e. The summed E-state index contributed by atoms with van der Waals surface area (Å²) >= 11 is 0. The molecule has 3 heteroatoms. The molecule has 3 nitrogen and oxygen atoms in total. The molecular weight excluding hydrogens is 418 g/mol. The maximum absolute atomic E-state index is 13.6. The molecule has 0 atom stereocenters. The highest BCUT2D eigenvalue weighted by Crippen LogP contribution is 2.41. The summed E-state index contributed by atoms with van der Waals surface area (Å²) in [4.78, 5) is 13.6. The molecule has 0 bridgehead atoms. The molecular formula is C31H41NO2. The number of carbonyl (C=O) groups excluding carboxylic acids is 1. The van der Waals surface area contributed by atoms with Gasteiger partial charge in [-0.2, -0.15) is 5.26 Å². The van der Waals surface area contributed by atoms with Gasteiger partial charge in [0.2, 0.25) is 0 Å². The Hall–Kier alpha value is -2.60. The summed E-state index contributed by atoms with van der Waals surface area (Å²) in [6.07, 6.45) is 12.9. The van der Waals surface area contributed by atoms with E-state index in [9.17, 15) is 10.1 Å². The zero-order valence-corrected chi connectivity index (χ0v) is 21.4. The summed E-state index contributed by atoms with van der Waals surface area (Å²) < 4.78 is 5.98. The second-order valence-corrected chi connectivity index (χ2v) is 10.4. The van der Waals surface area contributed by atoms with Crippen molar-refractivity contribution in [2.24, 2.45) is 5.92 Å². The zero-order valence-electron chi connectivity index (χ0n) is 21.4. The van der Waals surface area contributed by atoms with Crippen molar-refractivity contribution in [2.45, 2.75) is 103 Å². The van der Waals surface area contributed by atoms with Crippen LogP contribution in [0, 0.1) is 17.2 Å². The molecule has 34 heavy (non-hydrogen) atoms. The van der Waals surface area contributed by atoms with Gasteiger partial charge in [0.05, 0.1) is 11.0 Å². The van der Waals surface area contributed by atoms with Crippen LogP contribution >= 0.6 is 0 Å². The Bertz CT molecular complexity index is 962. The van der Waals surface area contributed by atoms with Crippen molar-refractivity contribution in [1.29, 1.82) is 5.26 Å². The Morgan fingerprint density at radius 1 is 0.971 bits per heavy atom. The molecule has 0 spiro atoms. The summed E-state index contributed by atoms with van der Waals surface area (Å²) in [7, 11) is 0. The summed E-state index contributed by atoms with van der Waals surface area (Å²) in [6.45, 7) is 6.66. The maximum atomic E-state index is 13.6. The molecule has 0 aliphatic heterocycles. The van der Waals surface area contributed by atoms with Crippen molar-refractivity contribution >= 4 is 5.97 Å². The van der Waals surface area contributed by atoms with E-state index in [4.69, 9.17) is 4.74 Å². The lowest BCUT2D eigenvalue weighted by molar-refractivity contribution is -0.142. The third kappa shape index (κ3) is 6.72. The fourth-order valence-electron chi connectivity index (χ4n) is 5.24. The van der Waals surface area contributed by atoms with Gasteiger partial charge in [-0.1, -0.05) is 96.0 Å². The van der Waals surface area contributed by atoms with Crippen LogP contribution in [0.25, 0.3) is 0 Å². The predicted octanol–water partition coefficient (Wildman–Crippen LogP) is 8.08. The van der Waals surface area contributed by atoms with Gasteiger partial charge in [-0.3, -0.25) is 4.79 Å². The molecule has 0 heterocycles. The normalized spacial score (nSPS) is 15.1. The number of hydrogen-bond acceptors (Lipinski definition) is 3. The van der Waals surface area contributed by atoms with Crippen LogP contribution in [-0.2, 0) is 23.1 Å². The Morgan fingerprint density at radius 2 is 1.65 bits per heavy atom. The van der Waals surface area contributed by atoms with Crippen LogP contribution in [-0.4, -0.2) is 5.97 Å². The quantitative estimate of drug-likeness (QED) is 0.194. The van der Waals surface area contributed by atoms with Gasteiger partial charge >= 0.3 is 5.97 Å². The minimum Gasteiger partial charge on any atom is -0.424 e. The van der Waals surface area contributed by atoms with Gasteiger partial charge in [0, 0.05) is 0 Å². The first kappa shape index (κ1) is 26.0. The Labute approximate surface area is 206 Å². The third-order valence-corrected chi connectivity index (χ3v) is 7.18. The van der Waals surface area contributed by atoms with Gasteiger partial charge in [0.1, 0.15) is 11.8 Å². The van der Waals surface area contributed by atoms with E-state index in [1.807, 2.05) is 18.2 Å². The SMILES string of the molecule is CCCCCCCc1ccc(OC(=O)C2(c3ccc(CC(C)C)cc3)CCCCC2)c(C#N)c1. The smallest absolute Gasteiger partial charge is 0.321 e. The number of ether oxygens (including phenoxy) is 1. The molecule has 0 radical (unpaired) electrons. The van der Waals surface area contributed by atoms with Crippen molar-refractivity contribution < 1.29 is 9.53 Å². The molecule has 1 aliphatic rings. The predicted molar refractivity (Wildman–Crippen MR) is 139 cm³/mol. The molecule has 0 N–H and O–H groups in total. The lowest BCUT2D eigenvalue weighted by Crippen LogP contribution is -2.41. The van der Waals surface area contributed by atoms with Crippen molar-refractivity contribution in [3.05, 3.63) is 64.7 Å². The van der Waals surface area contributed by atoms with Crippen molar-refractivity contribution in [3.8, 4) is 11.8 Å². The molecule has 1 saturated carbocycles. The van der Waals surface area contributed by atoms with Crippen LogP contribution in [0.5, 0.6) is 5.75 Å². The van der Waals surface area contributed by atoms with Gasteiger partial charge < -0.3 is 4.74 Å². The minimum absolute atomic E-state index is 0.215. The molecule has 1 fully saturated rings. The Morgan fingerprint density at radius 3 is 2.29 bits per heavy atom. The third-order valence-electron chi connectivity index (χ3n) is 7.18. The van der Waals surface area contributed by atoms with Gasteiger partial charge in [-0.15, -0.1) is 0 Å². The van der Waals surface area contributed by atoms with E-state index in [1.54, 1.807) is 0 Å². The largest absolute Gasteiger partial charge is 0.424 e. The lowest BCUT2D eigenvalue weighted by Gasteiger charge is -2.35. The number of nitriles is 1. The van der Waals surface area contributed by atoms with Crippen molar-refractivity contribution in [2.75, 3.05) is 0 Å². The number of nitrogens with zero attached hydrogens (tertiary/aromatic N) is 1. The molecule has 3 rings (SSSR count). The lowest BCUT2D eigenvalue weighted by atomic mass is 9.69. The highest BCUT2D eigenvalue weighted by molar-refractivity contribution is 5.85. The van der Waals surface area contributed by atoms with E-state index >= 15 is 0 Å². The summed E-state index contributed by atoms with van der Waals surface area (Å²) in [5.41, 5.74) is 3.32. The molecule has 0 aromatic heterocycles. The monoisotopic (exact) mass is 459 g/mol. The highest BCUT2D eigenvalue weighted by atomic mass is 16.5. The standard InChI is InChI=1S/C31H41NO2/c1-4-5-6-7-9-12-25-15-18-29(27(22-25)23-32)34-30(33)31(19-10-8-11-20-31)28-16-13-26(14-17-28)21-24(2)3/h13-18,22,24H,4-12,19-21H2,1-3H3. The Kier molecular flexibility index (Phi) is 9.75. The van der Waals surface area contributed by atoms with Crippen LogP contribution in [0.1, 0.15) is 107 Å². The van der Waals surface area contributed by atoms with Crippen LogP contribution in [0.15, 0.2) is 42.5 Å². The topological polar surface area (TPSA) is 50.1 Å². The average Bonchev–Trinajstić information content (AvgIpc) is 2.85. The number of rotatable bonds is 11. The highest BCUT2D eigenvalue weighted by Gasteiger charge is 2.43. The van der Waals surface area contributed by atoms with E-state index in [0.717, 1.165) is 62.5 Å². The molecule has 2 aromatic carbocycles. The summed E-state index contributed by atoms with van der Waals surface area (Å²) in [6, 6.07) is 16.6.